The van der Waals surface area contributed by atoms with Crippen molar-refractivity contribution in [3.05, 3.63) is 58.4 Å². The zero-order valence-corrected chi connectivity index (χ0v) is 15.0. The predicted octanol–water partition coefficient (Wildman–Crippen LogP) is 4.33. The number of hydrogen-bond donors (Lipinski definition) is 1. The van der Waals surface area contributed by atoms with Gasteiger partial charge in [-0.25, -0.2) is 4.79 Å². The predicted molar refractivity (Wildman–Crippen MR) is 105 cm³/mol. The lowest BCUT2D eigenvalue weighted by atomic mass is 10.0. The smallest absolute Gasteiger partial charge is 0.336 e. The van der Waals surface area contributed by atoms with Gasteiger partial charge in [0, 0.05) is 23.8 Å². The highest BCUT2D eigenvalue weighted by molar-refractivity contribution is 8.13. The van der Waals surface area contributed by atoms with E-state index in [-0.39, 0.29) is 18.0 Å². The van der Waals surface area contributed by atoms with Crippen LogP contribution in [0.15, 0.2) is 56.7 Å². The van der Waals surface area contributed by atoms with E-state index < -0.39 is 0 Å². The Morgan fingerprint density at radius 1 is 1.25 bits per heavy atom. The van der Waals surface area contributed by atoms with Gasteiger partial charge in [0.1, 0.15) is 5.58 Å². The van der Waals surface area contributed by atoms with Crippen molar-refractivity contribution < 1.29 is 4.42 Å². The summed E-state index contributed by atoms with van der Waals surface area (Å²) < 4.78 is 5.36. The van der Waals surface area contributed by atoms with Gasteiger partial charge >= 0.3 is 5.63 Å². The lowest BCUT2D eigenvalue weighted by Crippen LogP contribution is -2.08. The first-order chi connectivity index (χ1) is 11.2. The molecule has 0 saturated heterocycles. The molecule has 24 heavy (non-hydrogen) atoms. The molecule has 0 spiro atoms. The summed E-state index contributed by atoms with van der Waals surface area (Å²) in [6, 6.07) is 13.4. The SMILES string of the molecule is CCCN=C(N)SCc1cc(=O)oc2ccc3ccccc3c12.Cl. The summed E-state index contributed by atoms with van der Waals surface area (Å²) in [5.41, 5.74) is 7.10. The standard InChI is InChI=1S/C18H18N2O2S.ClH/c1-2-9-20-18(19)23-11-13-10-16(21)22-15-8-7-12-5-3-4-6-14(12)17(13)15;/h3-8,10H,2,9,11H2,1H3,(H2,19,20);1H. The molecule has 0 fully saturated rings. The number of thioether (sulfide) groups is 1. The molecule has 2 aromatic carbocycles. The molecule has 0 unspecified atom stereocenters. The Kier molecular flexibility index (Phi) is 6.29. The first-order valence-electron chi connectivity index (χ1n) is 7.56. The summed E-state index contributed by atoms with van der Waals surface area (Å²) in [5, 5.41) is 3.72. The van der Waals surface area contributed by atoms with Crippen LogP contribution in [0.5, 0.6) is 0 Å². The van der Waals surface area contributed by atoms with Crippen molar-refractivity contribution in [2.75, 3.05) is 6.54 Å². The highest BCUT2D eigenvalue weighted by atomic mass is 35.5. The Morgan fingerprint density at radius 3 is 2.83 bits per heavy atom. The molecule has 3 aromatic rings. The van der Waals surface area contributed by atoms with Crippen molar-refractivity contribution in [3.63, 3.8) is 0 Å². The third kappa shape index (κ3) is 3.91. The van der Waals surface area contributed by atoms with Crippen LogP contribution in [0.2, 0.25) is 0 Å². The average Bonchev–Trinajstić information content (AvgIpc) is 2.57. The number of rotatable bonds is 4. The molecule has 3 rings (SSSR count). The molecule has 0 radical (unpaired) electrons. The zero-order chi connectivity index (χ0) is 16.2. The Hall–Kier alpha value is -1.98. The molecule has 6 heteroatoms. The lowest BCUT2D eigenvalue weighted by Gasteiger charge is -2.08. The number of aliphatic imine (C=N–C) groups is 1. The maximum Gasteiger partial charge on any atom is 0.336 e. The summed E-state index contributed by atoms with van der Waals surface area (Å²) >= 11 is 1.45. The van der Waals surface area contributed by atoms with Gasteiger partial charge in [0.2, 0.25) is 0 Å². The number of hydrogen-bond acceptors (Lipinski definition) is 4. The number of benzene rings is 2. The maximum atomic E-state index is 11.8. The molecule has 1 aromatic heterocycles. The largest absolute Gasteiger partial charge is 0.423 e. The molecule has 0 aliphatic rings. The number of fused-ring (bicyclic) bond motifs is 3. The Morgan fingerprint density at radius 2 is 2.04 bits per heavy atom. The molecule has 0 bridgehead atoms. The third-order valence-electron chi connectivity index (χ3n) is 3.58. The van der Waals surface area contributed by atoms with Crippen LogP contribution in [0, 0.1) is 0 Å². The van der Waals surface area contributed by atoms with Crippen LogP contribution in [0.25, 0.3) is 21.7 Å². The monoisotopic (exact) mass is 362 g/mol. The van der Waals surface area contributed by atoms with Crippen molar-refractivity contribution in [1.29, 1.82) is 0 Å². The minimum atomic E-state index is -0.340. The zero-order valence-electron chi connectivity index (χ0n) is 13.3. The van der Waals surface area contributed by atoms with Crippen molar-refractivity contribution in [3.8, 4) is 0 Å². The van der Waals surface area contributed by atoms with Crippen molar-refractivity contribution in [2.24, 2.45) is 10.7 Å². The van der Waals surface area contributed by atoms with E-state index >= 15 is 0 Å². The van der Waals surface area contributed by atoms with Gasteiger partial charge in [0.15, 0.2) is 5.17 Å². The second-order valence-corrected chi connectivity index (χ2v) is 6.25. The second-order valence-electron chi connectivity index (χ2n) is 5.26. The summed E-state index contributed by atoms with van der Waals surface area (Å²) in [4.78, 5) is 16.1. The van der Waals surface area contributed by atoms with Gasteiger partial charge in [0.25, 0.3) is 0 Å². The van der Waals surface area contributed by atoms with E-state index in [1.54, 1.807) is 6.07 Å². The second kappa shape index (κ2) is 8.22. The van der Waals surface area contributed by atoms with Crippen LogP contribution in [0.1, 0.15) is 18.9 Å². The molecular weight excluding hydrogens is 344 g/mol. The maximum absolute atomic E-state index is 11.8. The summed E-state index contributed by atoms with van der Waals surface area (Å²) in [6.07, 6.45) is 0.962. The number of nitrogens with zero attached hydrogens (tertiary/aromatic N) is 1. The van der Waals surface area contributed by atoms with E-state index in [1.807, 2.05) is 36.4 Å². The highest BCUT2D eigenvalue weighted by Crippen LogP contribution is 2.29. The van der Waals surface area contributed by atoms with Crippen molar-refractivity contribution >= 4 is 51.1 Å². The fraction of sp³-hybridized carbons (Fsp3) is 0.222. The van der Waals surface area contributed by atoms with Crippen molar-refractivity contribution in [1.82, 2.24) is 0 Å². The molecule has 1 heterocycles. The minimum absolute atomic E-state index is 0. The summed E-state index contributed by atoms with van der Waals surface area (Å²) in [5.74, 6) is 0.592. The quantitative estimate of drug-likeness (QED) is 0.324. The van der Waals surface area contributed by atoms with Crippen LogP contribution < -0.4 is 11.4 Å². The van der Waals surface area contributed by atoms with Crippen LogP contribution in [-0.2, 0) is 5.75 Å². The van der Waals surface area contributed by atoms with Crippen LogP contribution in [-0.4, -0.2) is 11.7 Å². The van der Waals surface area contributed by atoms with Crippen LogP contribution in [0.4, 0.5) is 0 Å². The van der Waals surface area contributed by atoms with Gasteiger partial charge in [-0.1, -0.05) is 49.0 Å². The summed E-state index contributed by atoms with van der Waals surface area (Å²) in [6.45, 7) is 2.78. The molecule has 0 atom stereocenters. The van der Waals surface area contributed by atoms with E-state index in [9.17, 15) is 4.79 Å². The van der Waals surface area contributed by atoms with E-state index in [1.165, 1.54) is 11.8 Å². The molecule has 2 N–H and O–H groups in total. The molecule has 0 aliphatic carbocycles. The highest BCUT2D eigenvalue weighted by Gasteiger charge is 2.10. The number of nitrogens with two attached hydrogens (primary N) is 1. The Bertz CT molecular complexity index is 937. The van der Waals surface area contributed by atoms with Gasteiger partial charge in [-0.05, 0) is 28.8 Å². The van der Waals surface area contributed by atoms with Gasteiger partial charge in [-0.15, -0.1) is 12.4 Å². The average molecular weight is 363 g/mol. The van der Waals surface area contributed by atoms with Crippen LogP contribution in [0.3, 0.4) is 0 Å². The molecule has 4 nitrogen and oxygen atoms in total. The van der Waals surface area contributed by atoms with Gasteiger partial charge < -0.3 is 10.2 Å². The van der Waals surface area contributed by atoms with Crippen LogP contribution >= 0.6 is 24.2 Å². The summed E-state index contributed by atoms with van der Waals surface area (Å²) in [7, 11) is 0. The molecule has 126 valence electrons. The first kappa shape index (κ1) is 18.4. The van der Waals surface area contributed by atoms with E-state index in [0.717, 1.165) is 34.7 Å². The minimum Gasteiger partial charge on any atom is -0.423 e. The van der Waals surface area contributed by atoms with E-state index in [0.29, 0.717) is 16.5 Å². The normalized spacial score (nSPS) is 11.6. The van der Waals surface area contributed by atoms with Crippen molar-refractivity contribution in [2.45, 2.75) is 19.1 Å². The number of amidine groups is 1. The van der Waals surface area contributed by atoms with Gasteiger partial charge in [-0.2, -0.15) is 0 Å². The molecule has 0 saturated carbocycles. The molecular formula is C18H19ClN2O2S. The van der Waals surface area contributed by atoms with Gasteiger partial charge in [-0.3, -0.25) is 4.99 Å². The van der Waals surface area contributed by atoms with E-state index in [2.05, 4.69) is 11.9 Å². The fourth-order valence-corrected chi connectivity index (χ4v) is 3.27. The Labute approximate surface area is 150 Å². The third-order valence-corrected chi connectivity index (χ3v) is 4.46. The van der Waals surface area contributed by atoms with Gasteiger partial charge in [0.05, 0.1) is 0 Å². The topological polar surface area (TPSA) is 68.6 Å². The molecule has 0 aliphatic heterocycles. The first-order valence-corrected chi connectivity index (χ1v) is 8.55. The fourth-order valence-electron chi connectivity index (χ4n) is 2.55. The Balaban J connectivity index is 0.00000208. The van der Waals surface area contributed by atoms with E-state index in [4.69, 9.17) is 10.2 Å². The lowest BCUT2D eigenvalue weighted by molar-refractivity contribution is 0.560. The molecule has 0 amide bonds. The number of halogens is 1.